The Bertz CT molecular complexity index is 519. The molecule has 5 nitrogen and oxygen atoms in total. The fraction of sp³-hybridized carbons (Fsp3) is 0.167. The Balaban J connectivity index is 2.46. The van der Waals surface area contributed by atoms with Gasteiger partial charge in [0.15, 0.2) is 5.56 Å². The van der Waals surface area contributed by atoms with E-state index in [0.29, 0.717) is 5.56 Å². The first kappa shape index (κ1) is 11.2. The van der Waals surface area contributed by atoms with Gasteiger partial charge in [0.05, 0.1) is 6.61 Å². The summed E-state index contributed by atoms with van der Waals surface area (Å²) in [6.07, 6.45) is 0. The fourth-order valence-corrected chi connectivity index (χ4v) is 1.46. The van der Waals surface area contributed by atoms with Gasteiger partial charge in [0.2, 0.25) is 0 Å². The van der Waals surface area contributed by atoms with Crippen molar-refractivity contribution in [2.45, 2.75) is 6.92 Å². The third-order valence-corrected chi connectivity index (χ3v) is 2.20. The molecule has 0 aliphatic heterocycles. The molecule has 0 amide bonds. The number of rotatable bonds is 3. The SMILES string of the molecule is CCOC(=O)c1c(-c2ccccc2)noc1O. The molecular formula is C12H11NO4. The summed E-state index contributed by atoms with van der Waals surface area (Å²) in [6.45, 7) is 1.91. The van der Waals surface area contributed by atoms with Gasteiger partial charge in [-0.05, 0) is 6.92 Å². The lowest BCUT2D eigenvalue weighted by molar-refractivity contribution is 0.0521. The van der Waals surface area contributed by atoms with Crippen molar-refractivity contribution < 1.29 is 19.2 Å². The second-order valence-corrected chi connectivity index (χ2v) is 3.30. The normalized spacial score (nSPS) is 10.2. The molecule has 5 heteroatoms. The zero-order valence-electron chi connectivity index (χ0n) is 9.21. The molecule has 2 rings (SSSR count). The molecule has 0 aliphatic rings. The maximum atomic E-state index is 11.6. The Morgan fingerprint density at radius 3 is 2.76 bits per heavy atom. The van der Waals surface area contributed by atoms with Crippen LogP contribution < -0.4 is 0 Å². The van der Waals surface area contributed by atoms with Crippen LogP contribution in [0.3, 0.4) is 0 Å². The first-order valence-corrected chi connectivity index (χ1v) is 5.15. The quantitative estimate of drug-likeness (QED) is 0.823. The largest absolute Gasteiger partial charge is 0.479 e. The summed E-state index contributed by atoms with van der Waals surface area (Å²) in [6, 6.07) is 8.97. The molecule has 1 aromatic carbocycles. The molecule has 0 spiro atoms. The lowest BCUT2D eigenvalue weighted by Crippen LogP contribution is -2.05. The van der Waals surface area contributed by atoms with Crippen molar-refractivity contribution in [1.82, 2.24) is 5.16 Å². The Kier molecular flexibility index (Phi) is 3.09. The third kappa shape index (κ3) is 2.13. The van der Waals surface area contributed by atoms with Crippen molar-refractivity contribution in [3.63, 3.8) is 0 Å². The van der Waals surface area contributed by atoms with E-state index in [1.54, 1.807) is 31.2 Å². The molecule has 1 N–H and O–H groups in total. The van der Waals surface area contributed by atoms with Crippen LogP contribution in [0.15, 0.2) is 34.9 Å². The molecule has 2 aromatic rings. The van der Waals surface area contributed by atoms with E-state index in [9.17, 15) is 9.90 Å². The van der Waals surface area contributed by atoms with Crippen LogP contribution in [0.2, 0.25) is 0 Å². The van der Waals surface area contributed by atoms with Gasteiger partial charge in [-0.1, -0.05) is 35.5 Å². The summed E-state index contributed by atoms with van der Waals surface area (Å²) in [5, 5.41) is 13.1. The van der Waals surface area contributed by atoms with Gasteiger partial charge in [-0.15, -0.1) is 0 Å². The lowest BCUT2D eigenvalue weighted by atomic mass is 10.1. The zero-order chi connectivity index (χ0) is 12.3. The highest BCUT2D eigenvalue weighted by molar-refractivity contribution is 5.98. The van der Waals surface area contributed by atoms with E-state index in [1.165, 1.54) is 0 Å². The second-order valence-electron chi connectivity index (χ2n) is 3.30. The molecule has 0 bridgehead atoms. The van der Waals surface area contributed by atoms with Gasteiger partial charge in [-0.2, -0.15) is 0 Å². The molecule has 0 unspecified atom stereocenters. The van der Waals surface area contributed by atoms with Crippen molar-refractivity contribution in [2.75, 3.05) is 6.61 Å². The van der Waals surface area contributed by atoms with Crippen LogP contribution >= 0.6 is 0 Å². The van der Waals surface area contributed by atoms with Crippen LogP contribution in [-0.4, -0.2) is 22.8 Å². The minimum Gasteiger partial charge on any atom is -0.479 e. The predicted molar refractivity (Wildman–Crippen MR) is 59.6 cm³/mol. The summed E-state index contributed by atoms with van der Waals surface area (Å²) in [7, 11) is 0. The maximum absolute atomic E-state index is 11.6. The monoisotopic (exact) mass is 233 g/mol. The van der Waals surface area contributed by atoms with Crippen LogP contribution in [0.25, 0.3) is 11.3 Å². The third-order valence-electron chi connectivity index (χ3n) is 2.20. The van der Waals surface area contributed by atoms with E-state index < -0.39 is 11.9 Å². The summed E-state index contributed by atoms with van der Waals surface area (Å²) in [5.41, 5.74) is 0.916. The number of carbonyl (C=O) groups is 1. The number of nitrogens with zero attached hydrogens (tertiary/aromatic N) is 1. The number of hydrogen-bond donors (Lipinski definition) is 1. The number of aromatic hydroxyl groups is 1. The van der Waals surface area contributed by atoms with Crippen molar-refractivity contribution in [3.8, 4) is 17.2 Å². The Labute approximate surface area is 97.6 Å². The topological polar surface area (TPSA) is 72.6 Å². The number of hydrogen-bond acceptors (Lipinski definition) is 5. The van der Waals surface area contributed by atoms with Crippen molar-refractivity contribution in [1.29, 1.82) is 0 Å². The van der Waals surface area contributed by atoms with Gasteiger partial charge in [-0.25, -0.2) is 4.79 Å². The van der Waals surface area contributed by atoms with E-state index in [4.69, 9.17) is 4.74 Å². The van der Waals surface area contributed by atoms with Gasteiger partial charge in [-0.3, -0.25) is 0 Å². The highest BCUT2D eigenvalue weighted by atomic mass is 16.6. The molecule has 0 fully saturated rings. The van der Waals surface area contributed by atoms with Gasteiger partial charge in [0, 0.05) is 5.56 Å². The molecule has 0 saturated heterocycles. The average Bonchev–Trinajstić information content (AvgIpc) is 2.73. The van der Waals surface area contributed by atoms with Crippen molar-refractivity contribution in [2.24, 2.45) is 0 Å². The summed E-state index contributed by atoms with van der Waals surface area (Å²) in [5.74, 6) is -1.17. The minimum atomic E-state index is -0.648. The first-order chi connectivity index (χ1) is 8.24. The van der Waals surface area contributed by atoms with Crippen LogP contribution in [0.5, 0.6) is 5.95 Å². The van der Waals surface area contributed by atoms with Crippen molar-refractivity contribution >= 4 is 5.97 Å². The van der Waals surface area contributed by atoms with E-state index in [1.807, 2.05) is 6.07 Å². The fourth-order valence-electron chi connectivity index (χ4n) is 1.46. The summed E-state index contributed by atoms with van der Waals surface area (Å²) < 4.78 is 9.45. The first-order valence-electron chi connectivity index (χ1n) is 5.15. The van der Waals surface area contributed by atoms with E-state index >= 15 is 0 Å². The van der Waals surface area contributed by atoms with E-state index in [2.05, 4.69) is 9.68 Å². The molecule has 1 aromatic heterocycles. The van der Waals surface area contributed by atoms with Gasteiger partial charge in [0.25, 0.3) is 0 Å². The highest BCUT2D eigenvalue weighted by Crippen LogP contribution is 2.29. The maximum Gasteiger partial charge on any atom is 0.347 e. The molecule has 0 radical (unpaired) electrons. The van der Waals surface area contributed by atoms with E-state index in [0.717, 1.165) is 0 Å². The number of esters is 1. The number of benzene rings is 1. The van der Waals surface area contributed by atoms with Crippen LogP contribution in [0.1, 0.15) is 17.3 Å². The Morgan fingerprint density at radius 2 is 2.12 bits per heavy atom. The zero-order valence-corrected chi connectivity index (χ0v) is 9.21. The van der Waals surface area contributed by atoms with Crippen molar-refractivity contribution in [3.05, 3.63) is 35.9 Å². The smallest absolute Gasteiger partial charge is 0.347 e. The molecule has 0 saturated carbocycles. The Morgan fingerprint density at radius 1 is 1.41 bits per heavy atom. The highest BCUT2D eigenvalue weighted by Gasteiger charge is 2.24. The molecule has 88 valence electrons. The molecule has 17 heavy (non-hydrogen) atoms. The van der Waals surface area contributed by atoms with Crippen LogP contribution in [0.4, 0.5) is 0 Å². The summed E-state index contributed by atoms with van der Waals surface area (Å²) >= 11 is 0. The average molecular weight is 233 g/mol. The Hall–Kier alpha value is -2.30. The van der Waals surface area contributed by atoms with Crippen LogP contribution in [0, 0.1) is 0 Å². The molecule has 1 heterocycles. The number of aromatic nitrogens is 1. The predicted octanol–water partition coefficient (Wildman–Crippen LogP) is 2.22. The molecule has 0 atom stereocenters. The van der Waals surface area contributed by atoms with Gasteiger partial charge in [0.1, 0.15) is 5.69 Å². The summed E-state index contributed by atoms with van der Waals surface area (Å²) in [4.78, 5) is 11.6. The number of carbonyl (C=O) groups excluding carboxylic acids is 1. The standard InChI is InChI=1S/C12H11NO4/c1-2-16-11(14)9-10(13-17-12(9)15)8-6-4-3-5-7-8/h3-7,15H,2H2,1H3. The van der Waals surface area contributed by atoms with Gasteiger partial charge >= 0.3 is 11.9 Å². The van der Waals surface area contributed by atoms with Crippen LogP contribution in [-0.2, 0) is 4.74 Å². The second kappa shape index (κ2) is 4.69. The minimum absolute atomic E-state index is 0.0435. The van der Waals surface area contributed by atoms with Gasteiger partial charge < -0.3 is 14.4 Å². The lowest BCUT2D eigenvalue weighted by Gasteiger charge is -2.01. The van der Waals surface area contributed by atoms with E-state index in [-0.39, 0.29) is 17.9 Å². The molecule has 0 aliphatic carbocycles. The number of ether oxygens (including phenoxy) is 1. The molecular weight excluding hydrogens is 222 g/mol.